The zero-order chi connectivity index (χ0) is 11.5. The van der Waals surface area contributed by atoms with Gasteiger partial charge in [0.25, 0.3) is 0 Å². The third-order valence-electron chi connectivity index (χ3n) is 2.09. The van der Waals surface area contributed by atoms with Crippen LogP contribution in [0.5, 0.6) is 0 Å². The van der Waals surface area contributed by atoms with Crippen molar-refractivity contribution in [3.63, 3.8) is 0 Å². The largest absolute Gasteiger partial charge is 0.469 e. The molecule has 6 nitrogen and oxygen atoms in total. The summed E-state index contributed by atoms with van der Waals surface area (Å²) < 4.78 is 14.1. The van der Waals surface area contributed by atoms with Crippen LogP contribution in [0.4, 0.5) is 0 Å². The number of hydrogen-bond donors (Lipinski definition) is 0. The molecule has 1 unspecified atom stereocenters. The quantitative estimate of drug-likeness (QED) is 0.605. The third kappa shape index (κ3) is 2.53. The Morgan fingerprint density at radius 3 is 2.53 bits per heavy atom. The average molecular weight is 216 g/mol. The van der Waals surface area contributed by atoms with Crippen molar-refractivity contribution in [2.45, 2.75) is 25.4 Å². The van der Waals surface area contributed by atoms with Crippen molar-refractivity contribution in [1.82, 2.24) is 0 Å². The number of cyclic esters (lactones) is 1. The molecule has 1 rings (SSSR count). The van der Waals surface area contributed by atoms with E-state index >= 15 is 0 Å². The lowest BCUT2D eigenvalue weighted by Gasteiger charge is -2.20. The van der Waals surface area contributed by atoms with Gasteiger partial charge in [0.05, 0.1) is 13.5 Å². The standard InChI is InChI=1S/C9H12O6/c1-6(10)3-9(4-7(11)13-2)8(12)14-5-15-9/h3-5H2,1-2H3. The molecule has 0 saturated carbocycles. The Labute approximate surface area is 86.5 Å². The minimum absolute atomic E-state index is 0.180. The predicted octanol–water partition coefficient (Wildman–Crippen LogP) is -0.202. The maximum Gasteiger partial charge on any atom is 0.341 e. The first-order chi connectivity index (χ1) is 7.00. The van der Waals surface area contributed by atoms with Gasteiger partial charge < -0.3 is 14.2 Å². The molecule has 15 heavy (non-hydrogen) atoms. The van der Waals surface area contributed by atoms with Gasteiger partial charge in [-0.2, -0.15) is 0 Å². The first-order valence-corrected chi connectivity index (χ1v) is 4.37. The van der Waals surface area contributed by atoms with Crippen LogP contribution in [0.1, 0.15) is 19.8 Å². The van der Waals surface area contributed by atoms with E-state index in [2.05, 4.69) is 9.47 Å². The molecule has 0 spiro atoms. The van der Waals surface area contributed by atoms with Crippen LogP contribution in [-0.2, 0) is 28.6 Å². The summed E-state index contributed by atoms with van der Waals surface area (Å²) in [6.45, 7) is 1.08. The molecule has 84 valence electrons. The first-order valence-electron chi connectivity index (χ1n) is 4.37. The Hall–Kier alpha value is -1.43. The Morgan fingerprint density at radius 1 is 1.47 bits per heavy atom. The summed E-state index contributed by atoms with van der Waals surface area (Å²) in [7, 11) is 1.20. The molecule has 1 fully saturated rings. The molecule has 1 aliphatic rings. The fourth-order valence-corrected chi connectivity index (χ4v) is 1.40. The van der Waals surface area contributed by atoms with E-state index in [0.29, 0.717) is 0 Å². The second kappa shape index (κ2) is 4.39. The first kappa shape index (κ1) is 11.6. The molecule has 1 saturated heterocycles. The van der Waals surface area contributed by atoms with E-state index in [9.17, 15) is 14.4 Å². The Balaban J connectivity index is 2.81. The van der Waals surface area contributed by atoms with E-state index in [-0.39, 0.29) is 25.4 Å². The summed E-state index contributed by atoms with van der Waals surface area (Å²) in [6, 6.07) is 0. The molecule has 0 amide bonds. The highest BCUT2D eigenvalue weighted by molar-refractivity contribution is 5.92. The summed E-state index contributed by atoms with van der Waals surface area (Å²) in [5.41, 5.74) is -1.49. The van der Waals surface area contributed by atoms with Crippen LogP contribution < -0.4 is 0 Å². The minimum Gasteiger partial charge on any atom is -0.469 e. The van der Waals surface area contributed by atoms with Gasteiger partial charge in [-0.05, 0) is 6.92 Å². The molecule has 0 aromatic heterocycles. The molecule has 0 radical (unpaired) electrons. The molecule has 1 aliphatic heterocycles. The van der Waals surface area contributed by atoms with E-state index in [1.165, 1.54) is 14.0 Å². The lowest BCUT2D eigenvalue weighted by molar-refractivity contribution is -0.155. The number of ketones is 1. The second-order valence-electron chi connectivity index (χ2n) is 3.32. The number of hydrogen-bond acceptors (Lipinski definition) is 6. The number of esters is 2. The molecule has 0 aromatic carbocycles. The van der Waals surface area contributed by atoms with Gasteiger partial charge in [-0.3, -0.25) is 9.59 Å². The van der Waals surface area contributed by atoms with Crippen LogP contribution in [0, 0.1) is 0 Å². The lowest BCUT2D eigenvalue weighted by atomic mass is 9.94. The topological polar surface area (TPSA) is 78.9 Å². The molecular formula is C9H12O6. The summed E-state index contributed by atoms with van der Waals surface area (Å²) in [5, 5.41) is 0. The van der Waals surface area contributed by atoms with Gasteiger partial charge in [0, 0.05) is 6.42 Å². The SMILES string of the molecule is COC(=O)CC1(CC(C)=O)OCOC1=O. The van der Waals surface area contributed by atoms with Crippen LogP contribution in [-0.4, -0.2) is 37.2 Å². The third-order valence-corrected chi connectivity index (χ3v) is 2.09. The zero-order valence-corrected chi connectivity index (χ0v) is 8.57. The van der Waals surface area contributed by atoms with E-state index in [1.54, 1.807) is 0 Å². The highest BCUT2D eigenvalue weighted by atomic mass is 16.7. The maximum atomic E-state index is 11.4. The molecule has 0 aliphatic carbocycles. The van der Waals surface area contributed by atoms with Gasteiger partial charge in [0.2, 0.25) is 0 Å². The lowest BCUT2D eigenvalue weighted by Crippen LogP contribution is -2.40. The van der Waals surface area contributed by atoms with Gasteiger partial charge >= 0.3 is 11.9 Å². The van der Waals surface area contributed by atoms with E-state index < -0.39 is 17.5 Å². The van der Waals surface area contributed by atoms with Crippen molar-refractivity contribution in [2.75, 3.05) is 13.9 Å². The monoisotopic (exact) mass is 216 g/mol. The molecule has 0 bridgehead atoms. The summed E-state index contributed by atoms with van der Waals surface area (Å²) in [4.78, 5) is 33.4. The highest BCUT2D eigenvalue weighted by Crippen LogP contribution is 2.28. The Bertz CT molecular complexity index is 297. The van der Waals surface area contributed by atoms with Crippen LogP contribution in [0.25, 0.3) is 0 Å². The van der Waals surface area contributed by atoms with Crippen molar-refractivity contribution in [3.8, 4) is 0 Å². The minimum atomic E-state index is -1.49. The predicted molar refractivity (Wildman–Crippen MR) is 46.7 cm³/mol. The van der Waals surface area contributed by atoms with Crippen LogP contribution >= 0.6 is 0 Å². The molecule has 0 N–H and O–H groups in total. The van der Waals surface area contributed by atoms with Crippen molar-refractivity contribution >= 4 is 17.7 Å². The van der Waals surface area contributed by atoms with Crippen molar-refractivity contribution in [3.05, 3.63) is 0 Å². The van der Waals surface area contributed by atoms with Gasteiger partial charge in [-0.25, -0.2) is 4.79 Å². The number of methoxy groups -OCH3 is 1. The molecular weight excluding hydrogens is 204 g/mol. The number of rotatable bonds is 4. The molecule has 1 atom stereocenters. The van der Waals surface area contributed by atoms with Gasteiger partial charge in [-0.1, -0.05) is 0 Å². The average Bonchev–Trinajstić information content (AvgIpc) is 2.47. The van der Waals surface area contributed by atoms with Crippen LogP contribution in [0.3, 0.4) is 0 Å². The number of Topliss-reactive ketones (excluding diaryl/α,β-unsaturated/α-hetero) is 1. The number of carbonyl (C=O) groups excluding carboxylic acids is 3. The molecule has 1 heterocycles. The van der Waals surface area contributed by atoms with E-state index in [4.69, 9.17) is 4.74 Å². The van der Waals surface area contributed by atoms with Gasteiger partial charge in [0.15, 0.2) is 12.4 Å². The summed E-state index contributed by atoms with van der Waals surface area (Å²) in [6.07, 6.45) is -0.483. The normalized spacial score (nSPS) is 24.8. The fourth-order valence-electron chi connectivity index (χ4n) is 1.40. The van der Waals surface area contributed by atoms with E-state index in [0.717, 1.165) is 0 Å². The fraction of sp³-hybridized carbons (Fsp3) is 0.667. The number of ether oxygens (including phenoxy) is 3. The van der Waals surface area contributed by atoms with Crippen LogP contribution in [0.2, 0.25) is 0 Å². The Morgan fingerprint density at radius 2 is 2.13 bits per heavy atom. The highest BCUT2D eigenvalue weighted by Gasteiger charge is 2.49. The van der Waals surface area contributed by atoms with E-state index in [1.807, 2.05) is 0 Å². The second-order valence-corrected chi connectivity index (χ2v) is 3.32. The molecule has 6 heteroatoms. The zero-order valence-electron chi connectivity index (χ0n) is 8.57. The van der Waals surface area contributed by atoms with Crippen molar-refractivity contribution in [2.24, 2.45) is 0 Å². The maximum absolute atomic E-state index is 11.4. The van der Waals surface area contributed by atoms with Crippen molar-refractivity contribution in [1.29, 1.82) is 0 Å². The summed E-state index contributed by atoms with van der Waals surface area (Å²) >= 11 is 0. The van der Waals surface area contributed by atoms with Gasteiger partial charge in [-0.15, -0.1) is 0 Å². The van der Waals surface area contributed by atoms with Crippen molar-refractivity contribution < 1.29 is 28.6 Å². The number of carbonyl (C=O) groups is 3. The molecule has 0 aromatic rings. The smallest absolute Gasteiger partial charge is 0.341 e. The summed E-state index contributed by atoms with van der Waals surface area (Å²) in [5.74, 6) is -1.56. The Kier molecular flexibility index (Phi) is 3.41. The van der Waals surface area contributed by atoms with Gasteiger partial charge in [0.1, 0.15) is 5.78 Å². The van der Waals surface area contributed by atoms with Crippen LogP contribution in [0.15, 0.2) is 0 Å².